The Morgan fingerprint density at radius 2 is 1.89 bits per heavy atom. The summed E-state index contributed by atoms with van der Waals surface area (Å²) in [7, 11) is 0. The smallest absolute Gasteiger partial charge is 0.248 e. The van der Waals surface area contributed by atoms with Gasteiger partial charge < -0.3 is 15.0 Å². The highest BCUT2D eigenvalue weighted by Crippen LogP contribution is 2.20. The SMILES string of the molecule is O=c1ccc2cc(OCc3cncc(Nc4ccc(Cl)cc4)n3)ccc2[nH]1. The highest BCUT2D eigenvalue weighted by molar-refractivity contribution is 6.30. The summed E-state index contributed by atoms with van der Waals surface area (Å²) in [6.45, 7) is 0.276. The molecule has 4 aromatic rings. The molecule has 0 amide bonds. The fourth-order valence-electron chi connectivity index (χ4n) is 2.60. The molecule has 0 spiro atoms. The van der Waals surface area contributed by atoms with Crippen LogP contribution >= 0.6 is 11.6 Å². The number of nitrogens with zero attached hydrogens (tertiary/aromatic N) is 2. The Labute approximate surface area is 159 Å². The molecule has 2 N–H and O–H groups in total. The van der Waals surface area contributed by atoms with Crippen molar-refractivity contribution in [3.05, 3.63) is 88.1 Å². The van der Waals surface area contributed by atoms with Crippen molar-refractivity contribution in [2.75, 3.05) is 5.32 Å². The Bertz CT molecular complexity index is 1140. The largest absolute Gasteiger partial charge is 0.487 e. The second kappa shape index (κ2) is 7.47. The number of fused-ring (bicyclic) bond motifs is 1. The number of benzene rings is 2. The third-order valence-electron chi connectivity index (χ3n) is 3.88. The third kappa shape index (κ3) is 4.24. The molecule has 0 saturated heterocycles. The van der Waals surface area contributed by atoms with Crippen LogP contribution in [0.15, 0.2) is 71.8 Å². The lowest BCUT2D eigenvalue weighted by Crippen LogP contribution is -2.03. The van der Waals surface area contributed by atoms with Crippen LogP contribution in [0.2, 0.25) is 5.02 Å². The quantitative estimate of drug-likeness (QED) is 0.541. The van der Waals surface area contributed by atoms with Gasteiger partial charge in [0, 0.05) is 27.7 Å². The molecule has 2 aromatic heterocycles. The van der Waals surface area contributed by atoms with E-state index in [-0.39, 0.29) is 12.2 Å². The Balaban J connectivity index is 1.46. The van der Waals surface area contributed by atoms with E-state index >= 15 is 0 Å². The van der Waals surface area contributed by atoms with Crippen molar-refractivity contribution in [2.24, 2.45) is 0 Å². The standard InChI is InChI=1S/C20H15ClN4O2/c21-14-2-4-15(5-3-14)23-19-11-22-10-16(24-19)12-27-17-6-7-18-13(9-17)1-8-20(26)25-18/h1-11H,12H2,(H,23,24)(H,25,26). The number of nitrogens with one attached hydrogen (secondary N) is 2. The lowest BCUT2D eigenvalue weighted by molar-refractivity contribution is 0.301. The third-order valence-corrected chi connectivity index (χ3v) is 4.13. The number of ether oxygens (including phenoxy) is 1. The van der Waals surface area contributed by atoms with Gasteiger partial charge in [0.25, 0.3) is 0 Å². The van der Waals surface area contributed by atoms with Crippen molar-refractivity contribution >= 4 is 34.0 Å². The lowest BCUT2D eigenvalue weighted by Gasteiger charge is -2.09. The van der Waals surface area contributed by atoms with Gasteiger partial charge >= 0.3 is 0 Å². The van der Waals surface area contributed by atoms with Gasteiger partial charge in [-0.3, -0.25) is 9.78 Å². The van der Waals surface area contributed by atoms with Crippen LogP contribution in [0.3, 0.4) is 0 Å². The summed E-state index contributed by atoms with van der Waals surface area (Å²) in [6.07, 6.45) is 3.30. The first-order valence-electron chi connectivity index (χ1n) is 8.25. The molecular weight excluding hydrogens is 364 g/mol. The number of aromatic nitrogens is 3. The number of aromatic amines is 1. The number of H-pyrrole nitrogens is 1. The first-order valence-corrected chi connectivity index (χ1v) is 8.63. The first-order chi connectivity index (χ1) is 13.2. The summed E-state index contributed by atoms with van der Waals surface area (Å²) >= 11 is 5.89. The van der Waals surface area contributed by atoms with Crippen LogP contribution in [0, 0.1) is 0 Å². The monoisotopic (exact) mass is 378 g/mol. The van der Waals surface area contributed by atoms with Crippen molar-refractivity contribution < 1.29 is 4.74 Å². The molecule has 0 unspecified atom stereocenters. The first kappa shape index (κ1) is 17.1. The molecule has 2 heterocycles. The molecule has 27 heavy (non-hydrogen) atoms. The lowest BCUT2D eigenvalue weighted by atomic mass is 10.2. The topological polar surface area (TPSA) is 79.9 Å². The van der Waals surface area contributed by atoms with Gasteiger partial charge in [-0.05, 0) is 48.5 Å². The molecular formula is C20H15ClN4O2. The zero-order valence-corrected chi connectivity index (χ0v) is 14.9. The van der Waals surface area contributed by atoms with Gasteiger partial charge in [0.05, 0.1) is 18.1 Å². The minimum absolute atomic E-state index is 0.128. The highest BCUT2D eigenvalue weighted by atomic mass is 35.5. The molecule has 4 rings (SSSR count). The van der Waals surface area contributed by atoms with E-state index in [0.717, 1.165) is 16.6 Å². The van der Waals surface area contributed by atoms with Gasteiger partial charge in [0.2, 0.25) is 5.56 Å². The van der Waals surface area contributed by atoms with Crippen molar-refractivity contribution in [1.82, 2.24) is 15.0 Å². The zero-order chi connectivity index (χ0) is 18.6. The summed E-state index contributed by atoms with van der Waals surface area (Å²) in [5, 5.41) is 4.75. The molecule has 0 aliphatic rings. The maximum Gasteiger partial charge on any atom is 0.248 e. The van der Waals surface area contributed by atoms with E-state index in [4.69, 9.17) is 16.3 Å². The normalized spacial score (nSPS) is 10.7. The van der Waals surface area contributed by atoms with Crippen molar-refractivity contribution in [3.63, 3.8) is 0 Å². The van der Waals surface area contributed by atoms with E-state index < -0.39 is 0 Å². The Kier molecular flexibility index (Phi) is 4.72. The average Bonchev–Trinajstić information content (AvgIpc) is 2.68. The van der Waals surface area contributed by atoms with E-state index in [0.29, 0.717) is 22.3 Å². The van der Waals surface area contributed by atoms with Crippen LogP contribution < -0.4 is 15.6 Å². The minimum atomic E-state index is -0.128. The molecule has 134 valence electrons. The van der Waals surface area contributed by atoms with Gasteiger partial charge in [-0.15, -0.1) is 0 Å². The summed E-state index contributed by atoms with van der Waals surface area (Å²) < 4.78 is 5.81. The second-order valence-corrected chi connectivity index (χ2v) is 6.32. The molecule has 0 radical (unpaired) electrons. The molecule has 0 saturated carbocycles. The van der Waals surface area contributed by atoms with Crippen molar-refractivity contribution in [2.45, 2.75) is 6.61 Å². The van der Waals surface area contributed by atoms with Crippen molar-refractivity contribution in [3.8, 4) is 5.75 Å². The van der Waals surface area contributed by atoms with Gasteiger partial charge in [-0.1, -0.05) is 11.6 Å². The number of pyridine rings is 1. The van der Waals surface area contributed by atoms with Gasteiger partial charge in [-0.2, -0.15) is 0 Å². The zero-order valence-electron chi connectivity index (χ0n) is 14.1. The fraction of sp³-hybridized carbons (Fsp3) is 0.0500. The number of halogens is 1. The maximum atomic E-state index is 11.3. The second-order valence-electron chi connectivity index (χ2n) is 5.89. The molecule has 6 nitrogen and oxygen atoms in total. The average molecular weight is 379 g/mol. The highest BCUT2D eigenvalue weighted by Gasteiger charge is 2.03. The number of hydrogen-bond acceptors (Lipinski definition) is 5. The maximum absolute atomic E-state index is 11.3. The molecule has 2 aromatic carbocycles. The van der Waals surface area contributed by atoms with Gasteiger partial charge in [0.1, 0.15) is 18.2 Å². The van der Waals surface area contributed by atoms with Gasteiger partial charge in [-0.25, -0.2) is 4.98 Å². The summed E-state index contributed by atoms with van der Waals surface area (Å²) in [4.78, 5) is 22.8. The van der Waals surface area contributed by atoms with E-state index in [1.807, 2.05) is 30.3 Å². The van der Waals surface area contributed by atoms with Crippen LogP contribution in [0.25, 0.3) is 10.9 Å². The molecule has 0 bridgehead atoms. The molecule has 0 fully saturated rings. The van der Waals surface area contributed by atoms with Crippen LogP contribution in [0.1, 0.15) is 5.69 Å². The van der Waals surface area contributed by atoms with Crippen LogP contribution in [0.5, 0.6) is 5.75 Å². The fourth-order valence-corrected chi connectivity index (χ4v) is 2.72. The van der Waals surface area contributed by atoms with E-state index in [1.54, 1.807) is 30.6 Å². The van der Waals surface area contributed by atoms with Gasteiger partial charge in [0.15, 0.2) is 0 Å². The van der Waals surface area contributed by atoms with E-state index in [2.05, 4.69) is 20.3 Å². The number of anilines is 2. The summed E-state index contributed by atoms with van der Waals surface area (Å²) in [5.74, 6) is 1.31. The summed E-state index contributed by atoms with van der Waals surface area (Å²) in [6, 6.07) is 16.1. The van der Waals surface area contributed by atoms with Crippen molar-refractivity contribution in [1.29, 1.82) is 0 Å². The Morgan fingerprint density at radius 1 is 1.04 bits per heavy atom. The predicted octanol–water partition coefficient (Wildman–Crippen LogP) is 4.29. The molecule has 7 heteroatoms. The van der Waals surface area contributed by atoms with E-state index in [9.17, 15) is 4.79 Å². The minimum Gasteiger partial charge on any atom is -0.487 e. The molecule has 0 aliphatic heterocycles. The molecule has 0 aliphatic carbocycles. The summed E-state index contributed by atoms with van der Waals surface area (Å²) in [5.41, 5.74) is 2.20. The number of rotatable bonds is 5. The van der Waals surface area contributed by atoms with Crippen LogP contribution in [-0.2, 0) is 6.61 Å². The predicted molar refractivity (Wildman–Crippen MR) is 106 cm³/mol. The van der Waals surface area contributed by atoms with Crippen LogP contribution in [-0.4, -0.2) is 15.0 Å². The van der Waals surface area contributed by atoms with E-state index in [1.165, 1.54) is 6.07 Å². The Hall–Kier alpha value is -3.38. The Morgan fingerprint density at radius 3 is 2.74 bits per heavy atom. The van der Waals surface area contributed by atoms with Crippen LogP contribution in [0.4, 0.5) is 11.5 Å². The molecule has 0 atom stereocenters. The number of hydrogen-bond donors (Lipinski definition) is 2.